The summed E-state index contributed by atoms with van der Waals surface area (Å²) in [7, 11) is 0. The monoisotopic (exact) mass is 297 g/mol. The fourth-order valence-corrected chi connectivity index (χ4v) is 2.43. The fourth-order valence-electron chi connectivity index (χ4n) is 2.43. The third kappa shape index (κ3) is 3.01. The predicted octanol–water partition coefficient (Wildman–Crippen LogP) is 4.68. The van der Waals surface area contributed by atoms with Crippen LogP contribution >= 0.6 is 0 Å². The second kappa shape index (κ2) is 6.02. The number of hydrogen-bond donors (Lipinski definition) is 0. The van der Waals surface area contributed by atoms with E-state index in [1.165, 1.54) is 12.1 Å². The molecule has 0 saturated carbocycles. The second-order valence-corrected chi connectivity index (χ2v) is 5.15. The van der Waals surface area contributed by atoms with E-state index >= 15 is 0 Å². The van der Waals surface area contributed by atoms with Gasteiger partial charge in [0, 0.05) is 11.6 Å². The number of rotatable bonds is 4. The first kappa shape index (κ1) is 14.3. The van der Waals surface area contributed by atoms with Crippen LogP contribution in [0, 0.1) is 19.7 Å². The van der Waals surface area contributed by atoms with Gasteiger partial charge in [-0.05, 0) is 37.1 Å². The summed E-state index contributed by atoms with van der Waals surface area (Å²) in [6.45, 7) is 4.04. The second-order valence-electron chi connectivity index (χ2n) is 5.15. The molecule has 0 unspecified atom stereocenters. The van der Waals surface area contributed by atoms with Crippen molar-refractivity contribution in [3.05, 3.63) is 71.4 Å². The van der Waals surface area contributed by atoms with Gasteiger partial charge in [0.1, 0.15) is 23.9 Å². The highest BCUT2D eigenvalue weighted by Crippen LogP contribution is 2.30. The summed E-state index contributed by atoms with van der Waals surface area (Å²) in [4.78, 5) is 0. The average molecular weight is 297 g/mol. The lowest BCUT2D eigenvalue weighted by molar-refractivity contribution is 0.305. The van der Waals surface area contributed by atoms with Gasteiger partial charge >= 0.3 is 0 Å². The normalized spacial score (nSPS) is 10.7. The number of hydrogen-bond acceptors (Lipinski definition) is 3. The number of benzene rings is 2. The lowest BCUT2D eigenvalue weighted by Gasteiger charge is -2.09. The Morgan fingerprint density at radius 2 is 1.86 bits per heavy atom. The molecule has 0 amide bonds. The Balaban J connectivity index is 1.87. The van der Waals surface area contributed by atoms with Crippen molar-refractivity contribution in [2.75, 3.05) is 0 Å². The molecule has 0 saturated heterocycles. The predicted molar refractivity (Wildman–Crippen MR) is 82.1 cm³/mol. The van der Waals surface area contributed by atoms with Crippen LogP contribution in [0.15, 0.2) is 53.1 Å². The molecule has 1 heterocycles. The minimum Gasteiger partial charge on any atom is -0.489 e. The zero-order valence-corrected chi connectivity index (χ0v) is 12.5. The molecule has 0 radical (unpaired) electrons. The first-order chi connectivity index (χ1) is 10.6. The summed E-state index contributed by atoms with van der Waals surface area (Å²) in [6.07, 6.45) is 0. The molecule has 0 aliphatic carbocycles. The third-order valence-corrected chi connectivity index (χ3v) is 3.44. The SMILES string of the molecule is Cc1noc(C)c1-c1cc(F)cc(OCc2ccccc2)c1. The smallest absolute Gasteiger partial charge is 0.141 e. The minimum atomic E-state index is -0.347. The summed E-state index contributed by atoms with van der Waals surface area (Å²) in [5, 5.41) is 3.91. The highest BCUT2D eigenvalue weighted by molar-refractivity contribution is 5.69. The van der Waals surface area contributed by atoms with Crippen molar-refractivity contribution in [2.24, 2.45) is 0 Å². The van der Waals surface area contributed by atoms with Gasteiger partial charge in [0.25, 0.3) is 0 Å². The maximum Gasteiger partial charge on any atom is 0.141 e. The number of ether oxygens (including phenoxy) is 1. The molecule has 1 aromatic heterocycles. The van der Waals surface area contributed by atoms with Crippen molar-refractivity contribution in [3.8, 4) is 16.9 Å². The number of aromatic nitrogens is 1. The van der Waals surface area contributed by atoms with E-state index in [0.717, 1.165) is 16.8 Å². The van der Waals surface area contributed by atoms with Crippen molar-refractivity contribution >= 4 is 0 Å². The first-order valence-electron chi connectivity index (χ1n) is 7.04. The van der Waals surface area contributed by atoms with E-state index in [2.05, 4.69) is 5.16 Å². The lowest BCUT2D eigenvalue weighted by atomic mass is 10.0. The van der Waals surface area contributed by atoms with Crippen molar-refractivity contribution in [2.45, 2.75) is 20.5 Å². The highest BCUT2D eigenvalue weighted by atomic mass is 19.1. The third-order valence-electron chi connectivity index (χ3n) is 3.44. The first-order valence-corrected chi connectivity index (χ1v) is 7.04. The minimum absolute atomic E-state index is 0.347. The molecule has 4 heteroatoms. The van der Waals surface area contributed by atoms with Gasteiger partial charge in [-0.15, -0.1) is 0 Å². The Morgan fingerprint density at radius 3 is 2.55 bits per heavy atom. The van der Waals surface area contributed by atoms with Gasteiger partial charge in [-0.25, -0.2) is 4.39 Å². The molecule has 3 aromatic rings. The molecule has 0 spiro atoms. The quantitative estimate of drug-likeness (QED) is 0.701. The van der Waals surface area contributed by atoms with Crippen molar-refractivity contribution < 1.29 is 13.7 Å². The summed E-state index contributed by atoms with van der Waals surface area (Å²) >= 11 is 0. The molecule has 3 rings (SSSR count). The van der Waals surface area contributed by atoms with Gasteiger partial charge in [-0.2, -0.15) is 0 Å². The van der Waals surface area contributed by atoms with E-state index in [-0.39, 0.29) is 5.82 Å². The van der Waals surface area contributed by atoms with Crippen molar-refractivity contribution in [1.29, 1.82) is 0 Å². The Hall–Kier alpha value is -2.62. The zero-order chi connectivity index (χ0) is 15.5. The molecule has 0 bridgehead atoms. The topological polar surface area (TPSA) is 35.3 Å². The maximum atomic E-state index is 13.9. The number of halogens is 1. The van der Waals surface area contributed by atoms with E-state index < -0.39 is 0 Å². The summed E-state index contributed by atoms with van der Waals surface area (Å²) in [5.41, 5.74) is 3.28. The summed E-state index contributed by atoms with van der Waals surface area (Å²) in [6, 6.07) is 14.4. The van der Waals surface area contributed by atoms with Crippen LogP contribution in [0.2, 0.25) is 0 Å². The van der Waals surface area contributed by atoms with E-state index in [1.807, 2.05) is 44.2 Å². The molecule has 3 nitrogen and oxygen atoms in total. The molecule has 0 fully saturated rings. The molecule has 0 N–H and O–H groups in total. The van der Waals surface area contributed by atoms with Gasteiger partial charge in [0.05, 0.1) is 5.69 Å². The number of aryl methyl sites for hydroxylation is 2. The van der Waals surface area contributed by atoms with Gasteiger partial charge in [0.2, 0.25) is 0 Å². The Labute approximate surface area is 128 Å². The van der Waals surface area contributed by atoms with Crippen LogP contribution in [0.25, 0.3) is 11.1 Å². The molecule has 0 atom stereocenters. The highest BCUT2D eigenvalue weighted by Gasteiger charge is 2.13. The molecule has 112 valence electrons. The van der Waals surface area contributed by atoms with Crippen LogP contribution in [0.3, 0.4) is 0 Å². The standard InChI is InChI=1S/C18H16FNO2/c1-12-18(13(2)22-20-12)15-8-16(19)10-17(9-15)21-11-14-6-4-3-5-7-14/h3-10H,11H2,1-2H3. The largest absolute Gasteiger partial charge is 0.489 e. The van der Waals surface area contributed by atoms with Crippen LogP contribution in [-0.2, 0) is 6.61 Å². The van der Waals surface area contributed by atoms with E-state index in [9.17, 15) is 4.39 Å². The zero-order valence-electron chi connectivity index (χ0n) is 12.5. The van der Waals surface area contributed by atoms with E-state index in [4.69, 9.17) is 9.26 Å². The molecule has 22 heavy (non-hydrogen) atoms. The van der Waals surface area contributed by atoms with Crippen LogP contribution in [-0.4, -0.2) is 5.16 Å². The fraction of sp³-hybridized carbons (Fsp3) is 0.167. The average Bonchev–Trinajstić information content (AvgIpc) is 2.85. The van der Waals surface area contributed by atoms with Crippen LogP contribution in [0.4, 0.5) is 4.39 Å². The van der Waals surface area contributed by atoms with Crippen LogP contribution in [0.1, 0.15) is 17.0 Å². The Kier molecular flexibility index (Phi) is 3.92. The summed E-state index contributed by atoms with van der Waals surface area (Å²) in [5.74, 6) is 0.802. The van der Waals surface area contributed by atoms with Gasteiger partial charge < -0.3 is 9.26 Å². The molecular formula is C18H16FNO2. The van der Waals surface area contributed by atoms with E-state index in [0.29, 0.717) is 23.7 Å². The van der Waals surface area contributed by atoms with Gasteiger partial charge in [0.15, 0.2) is 0 Å². The van der Waals surface area contributed by atoms with E-state index in [1.54, 1.807) is 6.07 Å². The van der Waals surface area contributed by atoms with Crippen molar-refractivity contribution in [3.63, 3.8) is 0 Å². The Bertz CT molecular complexity index is 762. The Morgan fingerprint density at radius 1 is 1.09 bits per heavy atom. The van der Waals surface area contributed by atoms with Gasteiger partial charge in [-0.3, -0.25) is 0 Å². The van der Waals surface area contributed by atoms with Crippen LogP contribution in [0.5, 0.6) is 5.75 Å². The van der Waals surface area contributed by atoms with Crippen LogP contribution < -0.4 is 4.74 Å². The summed E-state index contributed by atoms with van der Waals surface area (Å²) < 4.78 is 24.7. The maximum absolute atomic E-state index is 13.9. The van der Waals surface area contributed by atoms with Gasteiger partial charge in [-0.1, -0.05) is 35.5 Å². The molecule has 2 aromatic carbocycles. The molecule has 0 aliphatic heterocycles. The molecular weight excluding hydrogens is 281 g/mol. The molecule has 0 aliphatic rings. The lowest BCUT2D eigenvalue weighted by Crippen LogP contribution is -1.96. The number of nitrogens with zero attached hydrogens (tertiary/aromatic N) is 1. The van der Waals surface area contributed by atoms with Crippen molar-refractivity contribution in [1.82, 2.24) is 5.16 Å².